The highest BCUT2D eigenvalue weighted by Crippen LogP contribution is 2.25. The first-order valence-corrected chi connectivity index (χ1v) is 9.28. The van der Waals surface area contributed by atoms with Gasteiger partial charge in [0.25, 0.3) is 0 Å². The second-order valence-electron chi connectivity index (χ2n) is 6.42. The molecular weight excluding hydrogens is 296 g/mol. The SMILES string of the molecule is CC(CNC(=O)CCC1CCCO1)N1CCc2sccc2C1. The maximum atomic E-state index is 12.0. The molecule has 3 heterocycles. The van der Waals surface area contributed by atoms with Gasteiger partial charge in [-0.05, 0) is 49.6 Å². The molecule has 2 atom stereocenters. The summed E-state index contributed by atoms with van der Waals surface area (Å²) >= 11 is 1.87. The van der Waals surface area contributed by atoms with Crippen molar-refractivity contribution in [2.75, 3.05) is 19.7 Å². The van der Waals surface area contributed by atoms with E-state index in [0.29, 0.717) is 18.6 Å². The molecule has 0 radical (unpaired) electrons. The minimum absolute atomic E-state index is 0.163. The first-order chi connectivity index (χ1) is 10.7. The van der Waals surface area contributed by atoms with Gasteiger partial charge < -0.3 is 10.1 Å². The Morgan fingerprint density at radius 2 is 2.50 bits per heavy atom. The van der Waals surface area contributed by atoms with E-state index in [-0.39, 0.29) is 5.91 Å². The summed E-state index contributed by atoms with van der Waals surface area (Å²) in [6.07, 6.45) is 5.16. The largest absolute Gasteiger partial charge is 0.378 e. The molecule has 5 heteroatoms. The van der Waals surface area contributed by atoms with Gasteiger partial charge in [-0.15, -0.1) is 11.3 Å². The normalized spacial score (nSPS) is 23.2. The zero-order valence-electron chi connectivity index (χ0n) is 13.3. The number of hydrogen-bond acceptors (Lipinski definition) is 4. The average molecular weight is 322 g/mol. The van der Waals surface area contributed by atoms with Gasteiger partial charge in [0.2, 0.25) is 5.91 Å². The number of carbonyl (C=O) groups excluding carboxylic acids is 1. The van der Waals surface area contributed by atoms with Crippen molar-refractivity contribution in [2.45, 2.75) is 57.7 Å². The predicted octanol–water partition coefficient (Wildman–Crippen LogP) is 2.57. The quantitative estimate of drug-likeness (QED) is 0.875. The summed E-state index contributed by atoms with van der Waals surface area (Å²) in [7, 11) is 0. The van der Waals surface area contributed by atoms with E-state index in [2.05, 4.69) is 28.6 Å². The van der Waals surface area contributed by atoms with Crippen LogP contribution in [0.15, 0.2) is 11.4 Å². The molecule has 0 saturated carbocycles. The van der Waals surface area contributed by atoms with Crippen molar-refractivity contribution in [3.05, 3.63) is 21.9 Å². The van der Waals surface area contributed by atoms with E-state index in [1.165, 1.54) is 10.4 Å². The van der Waals surface area contributed by atoms with Gasteiger partial charge in [-0.2, -0.15) is 0 Å². The highest BCUT2D eigenvalue weighted by atomic mass is 32.1. The fourth-order valence-electron chi connectivity index (χ4n) is 3.29. The van der Waals surface area contributed by atoms with Gasteiger partial charge >= 0.3 is 0 Å². The van der Waals surface area contributed by atoms with Crippen LogP contribution in [0.3, 0.4) is 0 Å². The number of amides is 1. The molecule has 4 nitrogen and oxygen atoms in total. The Morgan fingerprint density at radius 1 is 1.59 bits per heavy atom. The molecule has 2 aliphatic heterocycles. The summed E-state index contributed by atoms with van der Waals surface area (Å²) in [5.74, 6) is 0.163. The van der Waals surface area contributed by atoms with Gasteiger partial charge in [0.1, 0.15) is 0 Å². The number of fused-ring (bicyclic) bond motifs is 1. The second kappa shape index (κ2) is 7.57. The molecule has 1 N–H and O–H groups in total. The third-order valence-corrected chi connectivity index (χ3v) is 5.80. The van der Waals surface area contributed by atoms with E-state index in [1.54, 1.807) is 0 Å². The molecule has 1 aromatic rings. The molecule has 22 heavy (non-hydrogen) atoms. The van der Waals surface area contributed by atoms with Crippen LogP contribution < -0.4 is 5.32 Å². The molecular formula is C17H26N2O2S. The molecule has 2 aliphatic rings. The maximum absolute atomic E-state index is 12.0. The van der Waals surface area contributed by atoms with Crippen molar-refractivity contribution < 1.29 is 9.53 Å². The second-order valence-corrected chi connectivity index (χ2v) is 7.42. The Hall–Kier alpha value is -0.910. The summed E-state index contributed by atoms with van der Waals surface area (Å²) in [5.41, 5.74) is 1.47. The first kappa shape index (κ1) is 16.0. The molecule has 1 fully saturated rings. The van der Waals surface area contributed by atoms with Gasteiger partial charge in [-0.25, -0.2) is 0 Å². The van der Waals surface area contributed by atoms with E-state index in [4.69, 9.17) is 4.74 Å². The molecule has 0 aliphatic carbocycles. The monoisotopic (exact) mass is 322 g/mol. The topological polar surface area (TPSA) is 41.6 Å². The summed E-state index contributed by atoms with van der Waals surface area (Å²) in [4.78, 5) is 16.0. The van der Waals surface area contributed by atoms with Crippen LogP contribution in [0.5, 0.6) is 0 Å². The number of hydrogen-bond donors (Lipinski definition) is 1. The van der Waals surface area contributed by atoms with Crippen molar-refractivity contribution >= 4 is 17.2 Å². The van der Waals surface area contributed by atoms with Crippen molar-refractivity contribution in [2.24, 2.45) is 0 Å². The summed E-state index contributed by atoms with van der Waals surface area (Å²) in [5, 5.41) is 5.27. The summed E-state index contributed by atoms with van der Waals surface area (Å²) in [6.45, 7) is 5.93. The smallest absolute Gasteiger partial charge is 0.220 e. The number of carbonyl (C=O) groups is 1. The van der Waals surface area contributed by atoms with Crippen LogP contribution in [0, 0.1) is 0 Å². The Bertz CT molecular complexity index is 497. The van der Waals surface area contributed by atoms with Crippen molar-refractivity contribution in [3.8, 4) is 0 Å². The Balaban J connectivity index is 1.37. The molecule has 122 valence electrons. The average Bonchev–Trinajstić information content (AvgIpc) is 3.20. The van der Waals surface area contributed by atoms with E-state index >= 15 is 0 Å². The van der Waals surface area contributed by atoms with E-state index in [9.17, 15) is 4.79 Å². The highest BCUT2D eigenvalue weighted by Gasteiger charge is 2.22. The van der Waals surface area contributed by atoms with Gasteiger partial charge in [-0.1, -0.05) is 0 Å². The number of ether oxygens (including phenoxy) is 1. The number of thiophene rings is 1. The standard InChI is InChI=1S/C17H26N2O2S/c1-13(19-8-6-16-14(12-19)7-10-22-16)11-18-17(20)5-4-15-3-2-9-21-15/h7,10,13,15H,2-6,8-9,11-12H2,1H3,(H,18,20). The molecule has 3 rings (SSSR count). The van der Waals surface area contributed by atoms with Crippen molar-refractivity contribution in [1.29, 1.82) is 0 Å². The number of nitrogens with zero attached hydrogens (tertiary/aromatic N) is 1. The lowest BCUT2D eigenvalue weighted by Gasteiger charge is -2.32. The Labute approximate surface area is 136 Å². The lowest BCUT2D eigenvalue weighted by atomic mass is 10.1. The van der Waals surface area contributed by atoms with Gasteiger partial charge in [-0.3, -0.25) is 9.69 Å². The van der Waals surface area contributed by atoms with Crippen LogP contribution in [0.25, 0.3) is 0 Å². The fourth-order valence-corrected chi connectivity index (χ4v) is 4.18. The zero-order chi connectivity index (χ0) is 15.4. The lowest BCUT2D eigenvalue weighted by molar-refractivity contribution is -0.121. The molecule has 0 spiro atoms. The maximum Gasteiger partial charge on any atom is 0.220 e. The Kier molecular flexibility index (Phi) is 5.50. The fraction of sp³-hybridized carbons (Fsp3) is 0.706. The minimum Gasteiger partial charge on any atom is -0.378 e. The van der Waals surface area contributed by atoms with E-state index in [1.807, 2.05) is 11.3 Å². The number of nitrogens with one attached hydrogen (secondary N) is 1. The van der Waals surface area contributed by atoms with Crippen LogP contribution in [-0.4, -0.2) is 42.6 Å². The van der Waals surface area contributed by atoms with Crippen LogP contribution in [0.2, 0.25) is 0 Å². The van der Waals surface area contributed by atoms with Crippen LogP contribution >= 0.6 is 11.3 Å². The third-order valence-electron chi connectivity index (χ3n) is 4.77. The highest BCUT2D eigenvalue weighted by molar-refractivity contribution is 7.10. The molecule has 0 bridgehead atoms. The van der Waals surface area contributed by atoms with E-state index < -0.39 is 0 Å². The molecule has 0 aromatic carbocycles. The zero-order valence-corrected chi connectivity index (χ0v) is 14.2. The van der Waals surface area contributed by atoms with Crippen LogP contribution in [0.4, 0.5) is 0 Å². The van der Waals surface area contributed by atoms with Crippen LogP contribution in [-0.2, 0) is 22.5 Å². The first-order valence-electron chi connectivity index (χ1n) is 8.40. The van der Waals surface area contributed by atoms with Gasteiger partial charge in [0, 0.05) is 43.6 Å². The molecule has 1 saturated heterocycles. The molecule has 2 unspecified atom stereocenters. The minimum atomic E-state index is 0.163. The van der Waals surface area contributed by atoms with Gasteiger partial charge in [0.15, 0.2) is 0 Å². The van der Waals surface area contributed by atoms with E-state index in [0.717, 1.165) is 51.9 Å². The number of rotatable bonds is 6. The van der Waals surface area contributed by atoms with Crippen molar-refractivity contribution in [3.63, 3.8) is 0 Å². The summed E-state index contributed by atoms with van der Waals surface area (Å²) < 4.78 is 5.56. The van der Waals surface area contributed by atoms with Crippen molar-refractivity contribution in [1.82, 2.24) is 10.2 Å². The third kappa shape index (κ3) is 4.09. The summed E-state index contributed by atoms with van der Waals surface area (Å²) in [6, 6.07) is 2.62. The Morgan fingerprint density at radius 3 is 3.32 bits per heavy atom. The molecule has 1 amide bonds. The van der Waals surface area contributed by atoms with Gasteiger partial charge in [0.05, 0.1) is 6.10 Å². The molecule has 1 aromatic heterocycles. The van der Waals surface area contributed by atoms with Crippen LogP contribution in [0.1, 0.15) is 43.0 Å². The predicted molar refractivity (Wildman–Crippen MR) is 89.1 cm³/mol. The lowest BCUT2D eigenvalue weighted by Crippen LogP contribution is -2.44.